The Balaban J connectivity index is 4.77. The zero-order chi connectivity index (χ0) is 15.1. The molecule has 0 saturated carbocycles. The predicted octanol–water partition coefficient (Wildman–Crippen LogP) is 5.50. The van der Waals surface area contributed by atoms with Gasteiger partial charge in [-0.25, -0.2) is 0 Å². The molecule has 1 heteroatoms. The number of nitrogens with one attached hydrogen (secondary N) is 1. The predicted molar refractivity (Wildman–Crippen MR) is 88.6 cm³/mol. The lowest BCUT2D eigenvalue weighted by Crippen LogP contribution is -2.49. The maximum absolute atomic E-state index is 3.96. The maximum atomic E-state index is 3.96. The van der Waals surface area contributed by atoms with E-state index in [1.807, 2.05) is 0 Å². The molecule has 0 rings (SSSR count). The van der Waals surface area contributed by atoms with Crippen molar-refractivity contribution in [3.05, 3.63) is 0 Å². The van der Waals surface area contributed by atoms with Crippen molar-refractivity contribution in [3.8, 4) is 0 Å². The molecule has 0 saturated heterocycles. The standard InChI is InChI=1S/C18H39N/c1-14(2)9-10-19-18(11-15(3)4,12-16(5)6)13-17(7)8/h14-17,19H,9-13H2,1-8H3. The van der Waals surface area contributed by atoms with E-state index in [4.69, 9.17) is 0 Å². The molecule has 0 aromatic rings. The first kappa shape index (κ1) is 19.0. The first-order valence-electron chi connectivity index (χ1n) is 8.42. The summed E-state index contributed by atoms with van der Waals surface area (Å²) in [6.07, 6.45) is 5.21. The van der Waals surface area contributed by atoms with Crippen LogP contribution in [0.15, 0.2) is 0 Å². The molecule has 0 unspecified atom stereocenters. The highest BCUT2D eigenvalue weighted by Gasteiger charge is 2.31. The van der Waals surface area contributed by atoms with Crippen LogP contribution in [0.5, 0.6) is 0 Å². The van der Waals surface area contributed by atoms with E-state index >= 15 is 0 Å². The molecular weight excluding hydrogens is 230 g/mol. The Kier molecular flexibility index (Phi) is 8.98. The van der Waals surface area contributed by atoms with Gasteiger partial charge in [0.1, 0.15) is 0 Å². The lowest BCUT2D eigenvalue weighted by molar-refractivity contribution is 0.183. The Morgan fingerprint density at radius 3 is 1.26 bits per heavy atom. The Hall–Kier alpha value is -0.0400. The molecule has 0 spiro atoms. The lowest BCUT2D eigenvalue weighted by Gasteiger charge is -2.40. The second kappa shape index (κ2) is 9.00. The van der Waals surface area contributed by atoms with E-state index in [2.05, 4.69) is 60.7 Å². The smallest absolute Gasteiger partial charge is 0.0188 e. The van der Waals surface area contributed by atoms with Crippen molar-refractivity contribution < 1.29 is 0 Å². The van der Waals surface area contributed by atoms with E-state index in [9.17, 15) is 0 Å². The summed E-state index contributed by atoms with van der Waals surface area (Å²) < 4.78 is 0. The van der Waals surface area contributed by atoms with Crippen molar-refractivity contribution >= 4 is 0 Å². The summed E-state index contributed by atoms with van der Waals surface area (Å²) in [7, 11) is 0. The van der Waals surface area contributed by atoms with Crippen LogP contribution in [0.4, 0.5) is 0 Å². The average Bonchev–Trinajstić information content (AvgIpc) is 2.12. The fourth-order valence-corrected chi connectivity index (χ4v) is 3.44. The van der Waals surface area contributed by atoms with Crippen LogP contribution in [0.3, 0.4) is 0 Å². The molecule has 0 aromatic carbocycles. The summed E-state index contributed by atoms with van der Waals surface area (Å²) in [5.41, 5.74) is 0.353. The average molecular weight is 270 g/mol. The highest BCUT2D eigenvalue weighted by molar-refractivity contribution is 4.90. The van der Waals surface area contributed by atoms with Gasteiger partial charge in [-0.3, -0.25) is 0 Å². The van der Waals surface area contributed by atoms with E-state index in [1.165, 1.54) is 32.2 Å². The molecule has 0 radical (unpaired) electrons. The quantitative estimate of drug-likeness (QED) is 0.552. The minimum atomic E-state index is 0.353. The van der Waals surface area contributed by atoms with Gasteiger partial charge in [-0.1, -0.05) is 55.4 Å². The van der Waals surface area contributed by atoms with Gasteiger partial charge in [0.15, 0.2) is 0 Å². The summed E-state index contributed by atoms with van der Waals surface area (Å²) in [5, 5.41) is 3.96. The molecule has 0 heterocycles. The molecule has 0 amide bonds. The van der Waals surface area contributed by atoms with Crippen LogP contribution in [0.25, 0.3) is 0 Å². The number of rotatable bonds is 10. The van der Waals surface area contributed by atoms with Gasteiger partial charge >= 0.3 is 0 Å². The first-order valence-corrected chi connectivity index (χ1v) is 8.42. The number of hydrogen-bond donors (Lipinski definition) is 1. The van der Waals surface area contributed by atoms with Crippen molar-refractivity contribution in [1.82, 2.24) is 5.32 Å². The molecule has 0 aromatic heterocycles. The van der Waals surface area contributed by atoms with Gasteiger partial charge in [-0.2, -0.15) is 0 Å². The lowest BCUT2D eigenvalue weighted by atomic mass is 9.76. The fraction of sp³-hybridized carbons (Fsp3) is 1.00. The van der Waals surface area contributed by atoms with Gasteiger partial charge in [0.2, 0.25) is 0 Å². The molecule has 116 valence electrons. The molecule has 0 aliphatic heterocycles. The molecule has 0 bridgehead atoms. The van der Waals surface area contributed by atoms with Crippen molar-refractivity contribution in [2.75, 3.05) is 6.54 Å². The van der Waals surface area contributed by atoms with Crippen LogP contribution in [0.1, 0.15) is 81.1 Å². The van der Waals surface area contributed by atoms with Gasteiger partial charge in [0, 0.05) is 5.54 Å². The maximum Gasteiger partial charge on any atom is 0.0188 e. The SMILES string of the molecule is CC(C)CCNC(CC(C)C)(CC(C)C)CC(C)C. The van der Waals surface area contributed by atoms with Gasteiger partial charge in [0.05, 0.1) is 0 Å². The first-order chi connectivity index (χ1) is 8.67. The summed E-state index contributed by atoms with van der Waals surface area (Å²) in [4.78, 5) is 0. The number of hydrogen-bond acceptors (Lipinski definition) is 1. The highest BCUT2D eigenvalue weighted by Crippen LogP contribution is 2.31. The van der Waals surface area contributed by atoms with Crippen LogP contribution in [0, 0.1) is 23.7 Å². The van der Waals surface area contributed by atoms with Gasteiger partial charge in [-0.15, -0.1) is 0 Å². The molecule has 19 heavy (non-hydrogen) atoms. The third-order valence-corrected chi connectivity index (χ3v) is 3.62. The molecule has 1 N–H and O–H groups in total. The zero-order valence-electron chi connectivity index (χ0n) is 14.8. The normalized spacial score (nSPS) is 13.3. The second-order valence-electron chi connectivity index (χ2n) is 8.18. The van der Waals surface area contributed by atoms with Crippen LogP contribution in [0.2, 0.25) is 0 Å². The summed E-state index contributed by atoms with van der Waals surface area (Å²) in [6.45, 7) is 20.0. The van der Waals surface area contributed by atoms with E-state index in [0.29, 0.717) is 5.54 Å². The Bertz CT molecular complexity index is 189. The monoisotopic (exact) mass is 269 g/mol. The van der Waals surface area contributed by atoms with Crippen molar-refractivity contribution in [2.24, 2.45) is 23.7 Å². The van der Waals surface area contributed by atoms with E-state index in [0.717, 1.165) is 23.7 Å². The van der Waals surface area contributed by atoms with Gasteiger partial charge in [-0.05, 0) is 55.9 Å². The Morgan fingerprint density at radius 1 is 0.632 bits per heavy atom. The topological polar surface area (TPSA) is 12.0 Å². The van der Waals surface area contributed by atoms with Crippen LogP contribution in [-0.2, 0) is 0 Å². The van der Waals surface area contributed by atoms with Crippen molar-refractivity contribution in [2.45, 2.75) is 86.6 Å². The van der Waals surface area contributed by atoms with Crippen molar-refractivity contribution in [1.29, 1.82) is 0 Å². The zero-order valence-corrected chi connectivity index (χ0v) is 14.8. The third-order valence-electron chi connectivity index (χ3n) is 3.62. The Morgan fingerprint density at radius 2 is 1.00 bits per heavy atom. The van der Waals surface area contributed by atoms with Gasteiger partial charge in [0.25, 0.3) is 0 Å². The molecule has 0 fully saturated rings. The van der Waals surface area contributed by atoms with E-state index in [1.54, 1.807) is 0 Å². The summed E-state index contributed by atoms with van der Waals surface area (Å²) in [6, 6.07) is 0. The minimum absolute atomic E-state index is 0.353. The van der Waals surface area contributed by atoms with Crippen molar-refractivity contribution in [3.63, 3.8) is 0 Å². The van der Waals surface area contributed by atoms with E-state index in [-0.39, 0.29) is 0 Å². The largest absolute Gasteiger partial charge is 0.311 e. The van der Waals surface area contributed by atoms with Crippen LogP contribution >= 0.6 is 0 Å². The Labute approximate surface area is 122 Å². The molecule has 1 nitrogen and oxygen atoms in total. The third kappa shape index (κ3) is 9.49. The molecule has 0 aliphatic carbocycles. The van der Waals surface area contributed by atoms with Crippen LogP contribution < -0.4 is 5.32 Å². The summed E-state index contributed by atoms with van der Waals surface area (Å²) in [5.74, 6) is 3.10. The van der Waals surface area contributed by atoms with Crippen LogP contribution in [-0.4, -0.2) is 12.1 Å². The van der Waals surface area contributed by atoms with E-state index < -0.39 is 0 Å². The minimum Gasteiger partial charge on any atom is -0.311 e. The fourth-order valence-electron chi connectivity index (χ4n) is 3.44. The molecular formula is C18H39N. The van der Waals surface area contributed by atoms with Gasteiger partial charge < -0.3 is 5.32 Å². The summed E-state index contributed by atoms with van der Waals surface area (Å²) >= 11 is 0. The highest BCUT2D eigenvalue weighted by atomic mass is 15.0. The molecule has 0 atom stereocenters. The second-order valence-corrected chi connectivity index (χ2v) is 8.18. The molecule has 0 aliphatic rings.